The number of carbonyl (C=O) groups excluding carboxylic acids is 1. The van der Waals surface area contributed by atoms with E-state index in [9.17, 15) is 4.79 Å². The zero-order valence-corrected chi connectivity index (χ0v) is 11.6. The zero-order valence-electron chi connectivity index (χ0n) is 11.6. The molecule has 2 unspecified atom stereocenters. The lowest BCUT2D eigenvalue weighted by Gasteiger charge is -2.34. The SMILES string of the molecule is CCC(C)(OC)C(=O)N(C)CC1CCCCN1. The van der Waals surface area contributed by atoms with Crippen molar-refractivity contribution in [3.63, 3.8) is 0 Å². The maximum absolute atomic E-state index is 12.3. The Morgan fingerprint density at radius 1 is 1.53 bits per heavy atom. The van der Waals surface area contributed by atoms with Crippen LogP contribution in [0, 0.1) is 0 Å². The summed E-state index contributed by atoms with van der Waals surface area (Å²) < 4.78 is 5.35. The number of likely N-dealkylation sites (N-methyl/N-ethyl adjacent to an activating group) is 1. The van der Waals surface area contributed by atoms with E-state index < -0.39 is 5.60 Å². The lowest BCUT2D eigenvalue weighted by Crippen LogP contribution is -2.51. The molecule has 0 spiro atoms. The molecule has 4 nitrogen and oxygen atoms in total. The van der Waals surface area contributed by atoms with Gasteiger partial charge in [0, 0.05) is 26.7 Å². The predicted octanol–water partition coefficient (Wildman–Crippen LogP) is 1.40. The van der Waals surface area contributed by atoms with Crippen LogP contribution in [-0.4, -0.2) is 49.7 Å². The van der Waals surface area contributed by atoms with Crippen molar-refractivity contribution in [2.24, 2.45) is 0 Å². The Labute approximate surface area is 105 Å². The topological polar surface area (TPSA) is 41.6 Å². The van der Waals surface area contributed by atoms with Crippen molar-refractivity contribution in [2.75, 3.05) is 27.2 Å². The van der Waals surface area contributed by atoms with Gasteiger partial charge in [-0.1, -0.05) is 13.3 Å². The van der Waals surface area contributed by atoms with E-state index in [0.29, 0.717) is 12.5 Å². The molecule has 1 aliphatic rings. The van der Waals surface area contributed by atoms with E-state index >= 15 is 0 Å². The Kier molecular flexibility index (Phi) is 5.40. The van der Waals surface area contributed by atoms with Crippen LogP contribution in [0.1, 0.15) is 39.5 Å². The van der Waals surface area contributed by atoms with Gasteiger partial charge in [0.2, 0.25) is 0 Å². The normalized spacial score (nSPS) is 24.1. The fraction of sp³-hybridized carbons (Fsp3) is 0.923. The van der Waals surface area contributed by atoms with Crippen molar-refractivity contribution in [1.82, 2.24) is 10.2 Å². The minimum atomic E-state index is -0.677. The van der Waals surface area contributed by atoms with Gasteiger partial charge >= 0.3 is 0 Å². The van der Waals surface area contributed by atoms with Crippen LogP contribution in [0.3, 0.4) is 0 Å². The quantitative estimate of drug-likeness (QED) is 0.792. The number of hydrogen-bond acceptors (Lipinski definition) is 3. The fourth-order valence-corrected chi connectivity index (χ4v) is 2.28. The second-order valence-electron chi connectivity index (χ2n) is 5.12. The molecule has 17 heavy (non-hydrogen) atoms. The molecule has 1 aliphatic heterocycles. The zero-order chi connectivity index (χ0) is 12.9. The first-order valence-corrected chi connectivity index (χ1v) is 6.57. The van der Waals surface area contributed by atoms with Gasteiger partial charge in [-0.05, 0) is 32.7 Å². The fourth-order valence-electron chi connectivity index (χ4n) is 2.28. The third-order valence-electron chi connectivity index (χ3n) is 3.83. The molecule has 0 radical (unpaired) electrons. The van der Waals surface area contributed by atoms with E-state index in [1.165, 1.54) is 12.8 Å². The lowest BCUT2D eigenvalue weighted by atomic mass is 10.00. The molecule has 0 aromatic heterocycles. The summed E-state index contributed by atoms with van der Waals surface area (Å²) in [5.41, 5.74) is -0.677. The standard InChI is InChI=1S/C13H26N2O2/c1-5-13(2,17-4)12(16)15(3)10-11-8-6-7-9-14-11/h11,14H,5-10H2,1-4H3. The molecule has 0 aliphatic carbocycles. The van der Waals surface area contributed by atoms with Crippen LogP contribution < -0.4 is 5.32 Å². The molecule has 100 valence electrons. The molecule has 0 aromatic rings. The van der Waals surface area contributed by atoms with Gasteiger partial charge in [-0.2, -0.15) is 0 Å². The third kappa shape index (κ3) is 3.68. The average molecular weight is 242 g/mol. The summed E-state index contributed by atoms with van der Waals surface area (Å²) in [7, 11) is 3.47. The monoisotopic (exact) mass is 242 g/mol. The number of rotatable bonds is 5. The Bertz CT molecular complexity index is 246. The van der Waals surface area contributed by atoms with Gasteiger partial charge in [-0.25, -0.2) is 0 Å². The van der Waals surface area contributed by atoms with Crippen LogP contribution in [0.15, 0.2) is 0 Å². The molecule has 4 heteroatoms. The number of nitrogens with one attached hydrogen (secondary N) is 1. The smallest absolute Gasteiger partial charge is 0.254 e. The Balaban J connectivity index is 2.50. The van der Waals surface area contributed by atoms with Crippen LogP contribution in [0.2, 0.25) is 0 Å². The van der Waals surface area contributed by atoms with E-state index in [1.807, 2.05) is 20.9 Å². The van der Waals surface area contributed by atoms with Crippen molar-refractivity contribution >= 4 is 5.91 Å². The molecule has 0 aromatic carbocycles. The van der Waals surface area contributed by atoms with Crippen molar-refractivity contribution in [1.29, 1.82) is 0 Å². The van der Waals surface area contributed by atoms with Crippen LogP contribution in [0.5, 0.6) is 0 Å². The maximum Gasteiger partial charge on any atom is 0.254 e. The number of nitrogens with zero attached hydrogens (tertiary/aromatic N) is 1. The number of piperidine rings is 1. The van der Waals surface area contributed by atoms with E-state index in [2.05, 4.69) is 5.32 Å². The predicted molar refractivity (Wildman–Crippen MR) is 69.0 cm³/mol. The van der Waals surface area contributed by atoms with Crippen molar-refractivity contribution in [3.05, 3.63) is 0 Å². The summed E-state index contributed by atoms with van der Waals surface area (Å²) >= 11 is 0. The van der Waals surface area contributed by atoms with Crippen molar-refractivity contribution in [2.45, 2.75) is 51.2 Å². The number of ether oxygens (including phenoxy) is 1. The molecule has 0 bridgehead atoms. The number of hydrogen-bond donors (Lipinski definition) is 1. The van der Waals surface area contributed by atoms with Gasteiger partial charge in [-0.15, -0.1) is 0 Å². The van der Waals surface area contributed by atoms with Gasteiger partial charge in [0.25, 0.3) is 5.91 Å². The lowest BCUT2D eigenvalue weighted by molar-refractivity contribution is -0.152. The van der Waals surface area contributed by atoms with Gasteiger partial charge in [-0.3, -0.25) is 4.79 Å². The molecule has 1 amide bonds. The van der Waals surface area contributed by atoms with E-state index in [0.717, 1.165) is 19.5 Å². The molecule has 1 rings (SSSR count). The van der Waals surface area contributed by atoms with E-state index in [-0.39, 0.29) is 5.91 Å². The van der Waals surface area contributed by atoms with Gasteiger partial charge in [0.15, 0.2) is 0 Å². The second-order valence-corrected chi connectivity index (χ2v) is 5.12. The highest BCUT2D eigenvalue weighted by Gasteiger charge is 2.34. The van der Waals surface area contributed by atoms with Crippen molar-refractivity contribution in [3.8, 4) is 0 Å². The highest BCUT2D eigenvalue weighted by molar-refractivity contribution is 5.84. The summed E-state index contributed by atoms with van der Waals surface area (Å²) in [5, 5.41) is 3.46. The minimum Gasteiger partial charge on any atom is -0.369 e. The molecular weight excluding hydrogens is 216 g/mol. The second kappa shape index (κ2) is 6.36. The van der Waals surface area contributed by atoms with Gasteiger partial charge < -0.3 is 15.0 Å². The largest absolute Gasteiger partial charge is 0.369 e. The molecule has 0 saturated carbocycles. The van der Waals surface area contributed by atoms with E-state index in [1.54, 1.807) is 12.0 Å². The van der Waals surface area contributed by atoms with Crippen LogP contribution >= 0.6 is 0 Å². The highest BCUT2D eigenvalue weighted by atomic mass is 16.5. The third-order valence-corrected chi connectivity index (χ3v) is 3.83. The summed E-state index contributed by atoms with van der Waals surface area (Å²) in [6.45, 7) is 5.69. The van der Waals surface area contributed by atoms with Crippen molar-refractivity contribution < 1.29 is 9.53 Å². The summed E-state index contributed by atoms with van der Waals surface area (Å²) in [6, 6.07) is 0.440. The van der Waals surface area contributed by atoms with E-state index in [4.69, 9.17) is 4.74 Å². The minimum absolute atomic E-state index is 0.0786. The molecule has 1 N–H and O–H groups in total. The first-order valence-electron chi connectivity index (χ1n) is 6.57. The molecule has 2 atom stereocenters. The molecular formula is C13H26N2O2. The Hall–Kier alpha value is -0.610. The summed E-state index contributed by atoms with van der Waals surface area (Å²) in [5.74, 6) is 0.0786. The first kappa shape index (κ1) is 14.5. The van der Waals surface area contributed by atoms with Crippen LogP contribution in [0.25, 0.3) is 0 Å². The summed E-state index contributed by atoms with van der Waals surface area (Å²) in [4.78, 5) is 14.1. The molecule has 1 saturated heterocycles. The Morgan fingerprint density at radius 3 is 2.71 bits per heavy atom. The number of methoxy groups -OCH3 is 1. The van der Waals surface area contributed by atoms with Crippen LogP contribution in [-0.2, 0) is 9.53 Å². The summed E-state index contributed by atoms with van der Waals surface area (Å²) in [6.07, 6.45) is 4.37. The highest BCUT2D eigenvalue weighted by Crippen LogP contribution is 2.18. The molecule has 1 fully saturated rings. The molecule has 1 heterocycles. The van der Waals surface area contributed by atoms with Gasteiger partial charge in [0.05, 0.1) is 0 Å². The number of amides is 1. The van der Waals surface area contributed by atoms with Crippen LogP contribution in [0.4, 0.5) is 0 Å². The average Bonchev–Trinajstić information content (AvgIpc) is 2.38. The number of carbonyl (C=O) groups is 1. The Morgan fingerprint density at radius 2 is 2.24 bits per heavy atom. The first-order chi connectivity index (χ1) is 8.03. The van der Waals surface area contributed by atoms with Gasteiger partial charge in [0.1, 0.15) is 5.60 Å². The maximum atomic E-state index is 12.3.